The standard InChI is InChI=1S/C30H42N4O4/c1-20-16-17-23(33(20)22-11-6-4-3-5-7-12-22)19-21(2)34-25-14-9-8-13-24(25)31-27(29(34)36)28(35)32-18-10-15-26(32)30(37)38/h8-9,13-14,20-23,26H,3-7,10-12,15-19H2,1-2H3,(H,37,38). The van der Waals surface area contributed by atoms with E-state index in [1.807, 2.05) is 24.3 Å². The van der Waals surface area contributed by atoms with Crippen LogP contribution in [0.5, 0.6) is 0 Å². The molecule has 1 aromatic carbocycles. The van der Waals surface area contributed by atoms with Crippen molar-refractivity contribution >= 4 is 22.9 Å². The molecule has 2 aliphatic heterocycles. The number of carbonyl (C=O) groups is 2. The average molecular weight is 523 g/mol. The number of likely N-dealkylation sites (tertiary alicyclic amines) is 2. The van der Waals surface area contributed by atoms with Crippen LogP contribution in [-0.4, -0.2) is 67.0 Å². The summed E-state index contributed by atoms with van der Waals surface area (Å²) in [7, 11) is 0. The number of nitrogens with zero attached hydrogens (tertiary/aromatic N) is 4. The number of benzene rings is 1. The van der Waals surface area contributed by atoms with Crippen molar-refractivity contribution in [3.05, 3.63) is 40.3 Å². The van der Waals surface area contributed by atoms with Gasteiger partial charge in [-0.15, -0.1) is 0 Å². The number of amides is 1. The van der Waals surface area contributed by atoms with Crippen molar-refractivity contribution in [2.75, 3.05) is 6.54 Å². The normalized spacial score (nSPS) is 26.4. The number of fused-ring (bicyclic) bond motifs is 1. The molecule has 4 atom stereocenters. The number of carbonyl (C=O) groups excluding carboxylic acids is 1. The van der Waals surface area contributed by atoms with Crippen LogP contribution in [0.15, 0.2) is 29.1 Å². The zero-order valence-corrected chi connectivity index (χ0v) is 22.8. The van der Waals surface area contributed by atoms with Crippen LogP contribution in [0.1, 0.15) is 107 Å². The summed E-state index contributed by atoms with van der Waals surface area (Å²) in [6.07, 6.45) is 13.3. The van der Waals surface area contributed by atoms with Gasteiger partial charge in [-0.3, -0.25) is 14.5 Å². The molecule has 5 rings (SSSR count). The Balaban J connectivity index is 1.46. The first-order valence-electron chi connectivity index (χ1n) is 14.7. The predicted octanol–water partition coefficient (Wildman–Crippen LogP) is 5.00. The number of carboxylic acid groups (broad SMARTS) is 1. The molecule has 8 heteroatoms. The molecule has 2 saturated heterocycles. The van der Waals surface area contributed by atoms with Crippen molar-refractivity contribution in [2.45, 2.75) is 121 Å². The molecule has 1 aromatic heterocycles. The fourth-order valence-electron chi connectivity index (χ4n) is 7.35. The molecule has 2 aromatic rings. The summed E-state index contributed by atoms with van der Waals surface area (Å²) in [5, 5.41) is 9.61. The maximum atomic E-state index is 13.9. The maximum Gasteiger partial charge on any atom is 0.326 e. The van der Waals surface area contributed by atoms with Crippen LogP contribution in [0.25, 0.3) is 11.0 Å². The number of aliphatic carboxylic acids is 1. The van der Waals surface area contributed by atoms with Gasteiger partial charge in [-0.25, -0.2) is 9.78 Å². The molecule has 1 saturated carbocycles. The van der Waals surface area contributed by atoms with E-state index in [-0.39, 0.29) is 11.7 Å². The number of para-hydroxylation sites is 2. The quantitative estimate of drug-likeness (QED) is 0.573. The van der Waals surface area contributed by atoms with Crippen molar-refractivity contribution in [3.63, 3.8) is 0 Å². The number of carboxylic acids is 1. The van der Waals surface area contributed by atoms with Gasteiger partial charge in [0, 0.05) is 30.7 Å². The summed E-state index contributed by atoms with van der Waals surface area (Å²) >= 11 is 0. The molecule has 1 aliphatic carbocycles. The first-order chi connectivity index (χ1) is 18.4. The first kappa shape index (κ1) is 26.9. The van der Waals surface area contributed by atoms with Crippen LogP contribution in [0, 0.1) is 0 Å². The van der Waals surface area contributed by atoms with Gasteiger partial charge in [0.15, 0.2) is 5.69 Å². The fourth-order valence-corrected chi connectivity index (χ4v) is 7.35. The Labute approximate surface area is 225 Å². The molecule has 3 aliphatic rings. The Morgan fingerprint density at radius 1 is 1.00 bits per heavy atom. The second-order valence-corrected chi connectivity index (χ2v) is 11.7. The van der Waals surface area contributed by atoms with Crippen molar-refractivity contribution in [1.29, 1.82) is 0 Å². The summed E-state index contributed by atoms with van der Waals surface area (Å²) in [5.74, 6) is -1.60. The van der Waals surface area contributed by atoms with E-state index in [1.165, 1.54) is 56.3 Å². The molecule has 38 heavy (non-hydrogen) atoms. The van der Waals surface area contributed by atoms with Gasteiger partial charge >= 0.3 is 5.97 Å². The third-order valence-corrected chi connectivity index (χ3v) is 9.19. The van der Waals surface area contributed by atoms with Crippen molar-refractivity contribution in [3.8, 4) is 0 Å². The fraction of sp³-hybridized carbons (Fsp3) is 0.667. The van der Waals surface area contributed by atoms with Crippen molar-refractivity contribution in [1.82, 2.24) is 19.4 Å². The lowest BCUT2D eigenvalue weighted by atomic mass is 9.94. The molecule has 0 radical (unpaired) electrons. The van der Waals surface area contributed by atoms with Crippen molar-refractivity contribution in [2.24, 2.45) is 0 Å². The van der Waals surface area contributed by atoms with Crippen LogP contribution >= 0.6 is 0 Å². The van der Waals surface area contributed by atoms with Crippen LogP contribution in [-0.2, 0) is 4.79 Å². The lowest BCUT2D eigenvalue weighted by Gasteiger charge is -2.38. The maximum absolute atomic E-state index is 13.9. The molecule has 1 N–H and O–H groups in total. The summed E-state index contributed by atoms with van der Waals surface area (Å²) in [6, 6.07) is 8.00. The van der Waals surface area contributed by atoms with E-state index < -0.39 is 23.5 Å². The smallest absolute Gasteiger partial charge is 0.326 e. The Hall–Kier alpha value is -2.74. The number of aromatic nitrogens is 2. The zero-order chi connectivity index (χ0) is 26.8. The molecular weight excluding hydrogens is 480 g/mol. The monoisotopic (exact) mass is 522 g/mol. The lowest BCUT2D eigenvalue weighted by molar-refractivity contribution is -0.141. The molecule has 4 unspecified atom stereocenters. The van der Waals surface area contributed by atoms with Gasteiger partial charge in [-0.05, 0) is 70.9 Å². The highest BCUT2D eigenvalue weighted by atomic mass is 16.4. The minimum Gasteiger partial charge on any atom is -0.480 e. The highest BCUT2D eigenvalue weighted by Gasteiger charge is 2.38. The number of rotatable bonds is 6. The zero-order valence-electron chi connectivity index (χ0n) is 22.8. The van der Waals surface area contributed by atoms with Gasteiger partial charge in [-0.1, -0.05) is 44.2 Å². The van der Waals surface area contributed by atoms with E-state index in [9.17, 15) is 19.5 Å². The molecule has 3 heterocycles. The van der Waals surface area contributed by atoms with Gasteiger partial charge < -0.3 is 14.6 Å². The summed E-state index contributed by atoms with van der Waals surface area (Å²) < 4.78 is 1.75. The summed E-state index contributed by atoms with van der Waals surface area (Å²) in [5.41, 5.74) is 0.729. The van der Waals surface area contributed by atoms with Crippen LogP contribution < -0.4 is 5.56 Å². The molecule has 3 fully saturated rings. The second kappa shape index (κ2) is 11.6. The SMILES string of the molecule is CC1CCC(CC(C)n2c(=O)c(C(=O)N3CCCC3C(=O)O)nc3ccccc32)N1C1CCCCCCC1. The van der Waals surface area contributed by atoms with Crippen LogP contribution in [0.4, 0.5) is 0 Å². The Kier molecular flexibility index (Phi) is 8.17. The van der Waals surface area contributed by atoms with E-state index in [0.717, 1.165) is 18.4 Å². The average Bonchev–Trinajstić information content (AvgIpc) is 3.51. The first-order valence-corrected chi connectivity index (χ1v) is 14.7. The van der Waals surface area contributed by atoms with Gasteiger partial charge in [0.05, 0.1) is 11.0 Å². The Bertz CT molecular complexity index is 1220. The lowest BCUT2D eigenvalue weighted by Crippen LogP contribution is -2.45. The third kappa shape index (κ3) is 5.24. The summed E-state index contributed by atoms with van der Waals surface area (Å²) in [4.78, 5) is 47.7. The van der Waals surface area contributed by atoms with E-state index in [4.69, 9.17) is 0 Å². The van der Waals surface area contributed by atoms with Gasteiger partial charge in [0.1, 0.15) is 6.04 Å². The van der Waals surface area contributed by atoms with Crippen LogP contribution in [0.2, 0.25) is 0 Å². The molecule has 0 spiro atoms. The highest BCUT2D eigenvalue weighted by molar-refractivity contribution is 5.96. The Morgan fingerprint density at radius 3 is 2.45 bits per heavy atom. The van der Waals surface area contributed by atoms with Gasteiger partial charge in [-0.2, -0.15) is 0 Å². The minimum absolute atomic E-state index is 0.123. The molecular formula is C30H42N4O4. The summed E-state index contributed by atoms with van der Waals surface area (Å²) in [6.45, 7) is 4.76. The van der Waals surface area contributed by atoms with E-state index in [0.29, 0.717) is 43.0 Å². The predicted molar refractivity (Wildman–Crippen MR) is 147 cm³/mol. The molecule has 8 nitrogen and oxygen atoms in total. The van der Waals surface area contributed by atoms with Gasteiger partial charge in [0.2, 0.25) is 0 Å². The molecule has 206 valence electrons. The van der Waals surface area contributed by atoms with Crippen LogP contribution in [0.3, 0.4) is 0 Å². The molecule has 0 bridgehead atoms. The van der Waals surface area contributed by atoms with E-state index >= 15 is 0 Å². The third-order valence-electron chi connectivity index (χ3n) is 9.19. The van der Waals surface area contributed by atoms with E-state index in [2.05, 4.69) is 23.7 Å². The van der Waals surface area contributed by atoms with Gasteiger partial charge in [0.25, 0.3) is 11.5 Å². The Morgan fingerprint density at radius 2 is 1.71 bits per heavy atom. The highest BCUT2D eigenvalue weighted by Crippen LogP contribution is 2.36. The second-order valence-electron chi connectivity index (χ2n) is 11.7. The van der Waals surface area contributed by atoms with E-state index in [1.54, 1.807) is 4.57 Å². The largest absolute Gasteiger partial charge is 0.480 e. The topological polar surface area (TPSA) is 95.7 Å². The minimum atomic E-state index is -1.03. The van der Waals surface area contributed by atoms with Crippen molar-refractivity contribution < 1.29 is 14.7 Å². The number of hydrogen-bond acceptors (Lipinski definition) is 5. The number of hydrogen-bond donors (Lipinski definition) is 1. The molecule has 1 amide bonds.